The Balaban J connectivity index is 0.00000289. The van der Waals surface area contributed by atoms with Crippen LogP contribution >= 0.6 is 12.4 Å². The largest absolute Gasteiger partial charge is 0.383 e. The van der Waals surface area contributed by atoms with Gasteiger partial charge in [-0.2, -0.15) is 0 Å². The Morgan fingerprint density at radius 3 is 2.78 bits per heavy atom. The summed E-state index contributed by atoms with van der Waals surface area (Å²) in [5.74, 6) is -0.528. The van der Waals surface area contributed by atoms with Crippen LogP contribution in [0.25, 0.3) is 0 Å². The van der Waals surface area contributed by atoms with Crippen LogP contribution in [0.5, 0.6) is 0 Å². The van der Waals surface area contributed by atoms with Gasteiger partial charge in [0, 0.05) is 19.3 Å². The molecule has 0 heterocycles. The fraction of sp³-hybridized carbons (Fsp3) is 0.417. The first-order valence-corrected chi connectivity index (χ1v) is 5.39. The summed E-state index contributed by atoms with van der Waals surface area (Å²) >= 11 is 0. The van der Waals surface area contributed by atoms with Crippen LogP contribution in [0.4, 0.5) is 10.1 Å². The van der Waals surface area contributed by atoms with E-state index >= 15 is 0 Å². The predicted molar refractivity (Wildman–Crippen MR) is 71.8 cm³/mol. The van der Waals surface area contributed by atoms with Crippen LogP contribution in [0, 0.1) is 12.7 Å². The van der Waals surface area contributed by atoms with Gasteiger partial charge in [-0.1, -0.05) is 6.07 Å². The number of halogens is 2. The highest BCUT2D eigenvalue weighted by Crippen LogP contribution is 2.13. The number of benzene rings is 1. The average Bonchev–Trinajstić information content (AvgIpc) is 2.30. The zero-order chi connectivity index (χ0) is 12.7. The normalized spacial score (nSPS) is 9.72. The van der Waals surface area contributed by atoms with Crippen molar-refractivity contribution in [2.75, 3.05) is 32.1 Å². The number of ether oxygens (including phenoxy) is 1. The topological polar surface area (TPSA) is 50.4 Å². The molecule has 0 unspecified atom stereocenters. The molecular weight excluding hydrogens is 259 g/mol. The van der Waals surface area contributed by atoms with E-state index in [9.17, 15) is 9.18 Å². The van der Waals surface area contributed by atoms with Gasteiger partial charge in [-0.3, -0.25) is 4.79 Å². The third kappa shape index (κ3) is 5.95. The van der Waals surface area contributed by atoms with Crippen molar-refractivity contribution in [2.24, 2.45) is 0 Å². The summed E-state index contributed by atoms with van der Waals surface area (Å²) in [5.41, 5.74) is 1.02. The zero-order valence-electron chi connectivity index (χ0n) is 10.5. The van der Waals surface area contributed by atoms with E-state index in [0.29, 0.717) is 24.4 Å². The molecule has 1 amide bonds. The van der Waals surface area contributed by atoms with Crippen molar-refractivity contribution in [2.45, 2.75) is 6.92 Å². The van der Waals surface area contributed by atoms with E-state index in [2.05, 4.69) is 10.6 Å². The van der Waals surface area contributed by atoms with Crippen molar-refractivity contribution in [3.8, 4) is 0 Å². The van der Waals surface area contributed by atoms with Crippen molar-refractivity contribution < 1.29 is 13.9 Å². The predicted octanol–water partition coefficient (Wildman–Crippen LogP) is 1.73. The maximum absolute atomic E-state index is 13.2. The van der Waals surface area contributed by atoms with Gasteiger partial charge < -0.3 is 15.4 Å². The second kappa shape index (κ2) is 8.85. The number of methoxy groups -OCH3 is 1. The lowest BCUT2D eigenvalue weighted by Crippen LogP contribution is -2.30. The van der Waals surface area contributed by atoms with Gasteiger partial charge in [0.15, 0.2) is 0 Å². The highest BCUT2D eigenvalue weighted by molar-refractivity contribution is 5.92. The highest BCUT2D eigenvalue weighted by atomic mass is 35.5. The Morgan fingerprint density at radius 1 is 1.44 bits per heavy atom. The summed E-state index contributed by atoms with van der Waals surface area (Å²) in [7, 11) is 1.59. The maximum Gasteiger partial charge on any atom is 0.238 e. The number of nitrogens with one attached hydrogen (secondary N) is 2. The van der Waals surface area contributed by atoms with Crippen LogP contribution < -0.4 is 10.6 Å². The Bertz CT molecular complexity index is 388. The number of rotatable bonds is 6. The fourth-order valence-electron chi connectivity index (χ4n) is 1.25. The Kier molecular flexibility index (Phi) is 8.28. The summed E-state index contributed by atoms with van der Waals surface area (Å²) in [6.45, 7) is 3.00. The lowest BCUT2D eigenvalue weighted by atomic mass is 10.2. The van der Waals surface area contributed by atoms with Gasteiger partial charge in [-0.25, -0.2) is 4.39 Å². The van der Waals surface area contributed by atoms with Gasteiger partial charge in [0.05, 0.1) is 13.2 Å². The number of anilines is 1. The molecule has 0 aromatic heterocycles. The van der Waals surface area contributed by atoms with Crippen molar-refractivity contribution >= 4 is 24.0 Å². The molecule has 1 rings (SSSR count). The van der Waals surface area contributed by atoms with Gasteiger partial charge >= 0.3 is 0 Å². The molecular formula is C12H18ClFN2O2. The molecule has 6 heteroatoms. The molecule has 1 aromatic carbocycles. The fourth-order valence-corrected chi connectivity index (χ4v) is 1.25. The number of carbonyl (C=O) groups is 1. The lowest BCUT2D eigenvalue weighted by Gasteiger charge is -2.07. The van der Waals surface area contributed by atoms with Gasteiger partial charge in [0.1, 0.15) is 5.82 Å². The number of hydrogen-bond donors (Lipinski definition) is 2. The van der Waals surface area contributed by atoms with Crippen LogP contribution in [0.2, 0.25) is 0 Å². The van der Waals surface area contributed by atoms with Gasteiger partial charge in [-0.15, -0.1) is 12.4 Å². The highest BCUT2D eigenvalue weighted by Gasteiger charge is 2.03. The standard InChI is InChI=1S/C12H17FN2O2.ClH/c1-9-3-4-10(7-11(9)13)15-12(16)8-14-5-6-17-2;/h3-4,7,14H,5-6,8H2,1-2H3,(H,15,16);1H. The summed E-state index contributed by atoms with van der Waals surface area (Å²) in [4.78, 5) is 11.4. The third-order valence-corrected chi connectivity index (χ3v) is 2.22. The van der Waals surface area contributed by atoms with E-state index in [-0.39, 0.29) is 30.7 Å². The molecule has 0 aliphatic heterocycles. The number of aryl methyl sites for hydroxylation is 1. The van der Waals surface area contributed by atoms with E-state index < -0.39 is 0 Å². The molecule has 0 spiro atoms. The number of hydrogen-bond acceptors (Lipinski definition) is 3. The minimum absolute atomic E-state index is 0. The van der Waals surface area contributed by atoms with Crippen molar-refractivity contribution in [1.82, 2.24) is 5.32 Å². The molecule has 0 saturated heterocycles. The van der Waals surface area contributed by atoms with Gasteiger partial charge in [0.25, 0.3) is 0 Å². The van der Waals surface area contributed by atoms with Crippen molar-refractivity contribution in [3.05, 3.63) is 29.6 Å². The van der Waals surface area contributed by atoms with E-state index in [1.54, 1.807) is 26.2 Å². The molecule has 0 aliphatic rings. The molecule has 0 fully saturated rings. The van der Waals surface area contributed by atoms with E-state index in [0.717, 1.165) is 0 Å². The molecule has 0 aliphatic carbocycles. The molecule has 0 radical (unpaired) electrons. The summed E-state index contributed by atoms with van der Waals surface area (Å²) in [5, 5.41) is 5.51. The minimum atomic E-state index is -0.324. The number of amides is 1. The Morgan fingerprint density at radius 2 is 2.17 bits per heavy atom. The van der Waals surface area contributed by atoms with Gasteiger partial charge in [0.2, 0.25) is 5.91 Å². The minimum Gasteiger partial charge on any atom is -0.383 e. The quantitative estimate of drug-likeness (QED) is 0.778. The molecule has 4 nitrogen and oxygen atoms in total. The molecule has 2 N–H and O–H groups in total. The van der Waals surface area contributed by atoms with Crippen molar-refractivity contribution in [1.29, 1.82) is 0 Å². The molecule has 102 valence electrons. The van der Waals surface area contributed by atoms with Crippen LogP contribution in [-0.2, 0) is 9.53 Å². The van der Waals surface area contributed by atoms with Crippen LogP contribution in [0.3, 0.4) is 0 Å². The van der Waals surface area contributed by atoms with Crippen molar-refractivity contribution in [3.63, 3.8) is 0 Å². The summed E-state index contributed by atoms with van der Waals surface area (Å²) in [6.07, 6.45) is 0. The monoisotopic (exact) mass is 276 g/mol. The van der Waals surface area contributed by atoms with Crippen LogP contribution in [0.1, 0.15) is 5.56 Å². The van der Waals surface area contributed by atoms with Crippen LogP contribution in [-0.4, -0.2) is 32.7 Å². The van der Waals surface area contributed by atoms with Gasteiger partial charge in [-0.05, 0) is 24.6 Å². The number of carbonyl (C=O) groups excluding carboxylic acids is 1. The maximum atomic E-state index is 13.2. The third-order valence-electron chi connectivity index (χ3n) is 2.22. The second-order valence-corrected chi connectivity index (χ2v) is 3.68. The Labute approximate surface area is 112 Å². The van der Waals surface area contributed by atoms with E-state index in [1.807, 2.05) is 0 Å². The SMILES string of the molecule is COCCNCC(=O)Nc1ccc(C)c(F)c1.Cl. The lowest BCUT2D eigenvalue weighted by molar-refractivity contribution is -0.115. The zero-order valence-corrected chi connectivity index (χ0v) is 11.3. The molecule has 0 atom stereocenters. The molecule has 0 saturated carbocycles. The van der Waals surface area contributed by atoms with Crippen LogP contribution in [0.15, 0.2) is 18.2 Å². The molecule has 18 heavy (non-hydrogen) atoms. The van der Waals surface area contributed by atoms with E-state index in [1.165, 1.54) is 6.07 Å². The summed E-state index contributed by atoms with van der Waals surface area (Å²) in [6, 6.07) is 4.61. The van der Waals surface area contributed by atoms with E-state index in [4.69, 9.17) is 4.74 Å². The first-order valence-electron chi connectivity index (χ1n) is 5.39. The second-order valence-electron chi connectivity index (χ2n) is 3.68. The molecule has 0 bridgehead atoms. The molecule has 1 aromatic rings. The first-order chi connectivity index (χ1) is 8.13. The first kappa shape index (κ1) is 16.8. The average molecular weight is 277 g/mol. The smallest absolute Gasteiger partial charge is 0.238 e. The summed E-state index contributed by atoms with van der Waals surface area (Å²) < 4.78 is 18.0. The Hall–Kier alpha value is -1.17.